The maximum Gasteiger partial charge on any atom is 0.434 e. The lowest BCUT2D eigenvalue weighted by Gasteiger charge is -2.11. The maximum absolute atomic E-state index is 12.6. The highest BCUT2D eigenvalue weighted by Crippen LogP contribution is 2.30. The molecule has 164 valence electrons. The van der Waals surface area contributed by atoms with Crippen LogP contribution < -0.4 is 10.6 Å². The Kier molecular flexibility index (Phi) is 8.95. The number of guanidine groups is 1. The van der Waals surface area contributed by atoms with E-state index in [-0.39, 0.29) is 24.0 Å². The lowest BCUT2D eigenvalue weighted by atomic mass is 10.1. The summed E-state index contributed by atoms with van der Waals surface area (Å²) < 4.78 is 37.9. The van der Waals surface area contributed by atoms with Crippen LogP contribution in [0.25, 0.3) is 10.9 Å². The van der Waals surface area contributed by atoms with Gasteiger partial charge in [0, 0.05) is 48.5 Å². The average molecular weight is 551 g/mol. The lowest BCUT2D eigenvalue weighted by molar-refractivity contribution is -0.140. The number of hydrogen-bond donors (Lipinski definition) is 3. The summed E-state index contributed by atoms with van der Waals surface area (Å²) in [5.74, 6) is 0.649. The molecule has 3 aromatic rings. The molecule has 0 saturated heterocycles. The minimum Gasteiger partial charge on any atom is -0.361 e. The summed E-state index contributed by atoms with van der Waals surface area (Å²) in [6.45, 7) is 5.80. The fourth-order valence-corrected chi connectivity index (χ4v) is 3.78. The predicted molar refractivity (Wildman–Crippen MR) is 127 cm³/mol. The Hall–Kier alpha value is -1.82. The Balaban J connectivity index is 0.00000320. The Morgan fingerprint density at radius 2 is 2.03 bits per heavy atom. The number of nitrogens with one attached hydrogen (secondary N) is 3. The minimum absolute atomic E-state index is 0. The van der Waals surface area contributed by atoms with Crippen LogP contribution in [0, 0.1) is 6.92 Å². The number of benzene rings is 1. The summed E-state index contributed by atoms with van der Waals surface area (Å²) in [6, 6.07) is 6.35. The van der Waals surface area contributed by atoms with Crippen molar-refractivity contribution in [3.63, 3.8) is 0 Å². The smallest absolute Gasteiger partial charge is 0.361 e. The van der Waals surface area contributed by atoms with Gasteiger partial charge in [-0.1, -0.05) is 12.1 Å². The third kappa shape index (κ3) is 6.59. The molecule has 2 aromatic heterocycles. The Morgan fingerprint density at radius 3 is 2.73 bits per heavy atom. The Morgan fingerprint density at radius 1 is 1.23 bits per heavy atom. The molecular weight excluding hydrogens is 526 g/mol. The van der Waals surface area contributed by atoms with E-state index in [9.17, 15) is 13.2 Å². The summed E-state index contributed by atoms with van der Waals surface area (Å²) in [4.78, 5) is 11.4. The molecule has 0 atom stereocenters. The minimum atomic E-state index is -4.39. The van der Waals surface area contributed by atoms with E-state index in [4.69, 9.17) is 0 Å². The number of H-pyrrole nitrogens is 1. The quantitative estimate of drug-likeness (QED) is 0.222. The molecular formula is C20H25F3IN5S. The number of halogens is 4. The molecule has 0 aliphatic heterocycles. The lowest BCUT2D eigenvalue weighted by Crippen LogP contribution is -2.38. The first-order chi connectivity index (χ1) is 13.9. The van der Waals surface area contributed by atoms with Crippen molar-refractivity contribution in [1.82, 2.24) is 20.6 Å². The number of aromatic nitrogens is 2. The van der Waals surface area contributed by atoms with Gasteiger partial charge in [-0.3, -0.25) is 4.99 Å². The standard InChI is InChI=1S/C20H24F3N5S.HI/c1-3-24-19(26-9-7-18-28-17(12-29-18)20(21,22)23)25-8-6-14-11-27-16-10-13(2)4-5-15(14)16;/h4-5,10-12,27H,3,6-9H2,1-2H3,(H2,24,25,26);1H. The summed E-state index contributed by atoms with van der Waals surface area (Å²) in [5, 5.41) is 9.13. The number of aromatic amines is 1. The van der Waals surface area contributed by atoms with E-state index in [1.165, 1.54) is 16.5 Å². The van der Waals surface area contributed by atoms with Crippen LogP contribution in [0.5, 0.6) is 0 Å². The van der Waals surface area contributed by atoms with Crippen molar-refractivity contribution >= 4 is 52.2 Å². The molecule has 5 nitrogen and oxygen atoms in total. The number of hydrogen-bond acceptors (Lipinski definition) is 3. The number of fused-ring (bicyclic) bond motifs is 1. The molecule has 1 aromatic carbocycles. The van der Waals surface area contributed by atoms with E-state index < -0.39 is 11.9 Å². The Bertz CT molecular complexity index is 980. The van der Waals surface area contributed by atoms with E-state index in [0.717, 1.165) is 28.7 Å². The predicted octanol–water partition coefficient (Wildman–Crippen LogP) is 4.91. The van der Waals surface area contributed by atoms with E-state index in [1.807, 2.05) is 13.1 Å². The van der Waals surface area contributed by atoms with Gasteiger partial charge in [0.15, 0.2) is 11.7 Å². The zero-order valence-corrected chi connectivity index (χ0v) is 19.9. The molecule has 0 aliphatic rings. The second-order valence-corrected chi connectivity index (χ2v) is 7.62. The van der Waals surface area contributed by atoms with Crippen LogP contribution in [0.3, 0.4) is 0 Å². The van der Waals surface area contributed by atoms with Crippen molar-refractivity contribution in [2.45, 2.75) is 32.9 Å². The summed E-state index contributed by atoms with van der Waals surface area (Å²) in [6.07, 6.45) is -1.17. The first kappa shape index (κ1) is 24.4. The molecule has 3 N–H and O–H groups in total. The van der Waals surface area contributed by atoms with Crippen LogP contribution in [0.15, 0.2) is 34.8 Å². The monoisotopic (exact) mass is 551 g/mol. The topological polar surface area (TPSA) is 65.1 Å². The molecule has 2 heterocycles. The highest BCUT2D eigenvalue weighted by atomic mass is 127. The van der Waals surface area contributed by atoms with Crippen LogP contribution in [-0.4, -0.2) is 35.6 Å². The van der Waals surface area contributed by atoms with Crippen molar-refractivity contribution in [2.24, 2.45) is 4.99 Å². The second-order valence-electron chi connectivity index (χ2n) is 6.67. The summed E-state index contributed by atoms with van der Waals surface area (Å²) in [5.41, 5.74) is 2.74. The number of aliphatic imine (C=N–C) groups is 1. The van der Waals surface area contributed by atoms with Gasteiger partial charge in [0.2, 0.25) is 0 Å². The molecule has 0 bridgehead atoms. The number of aryl methyl sites for hydroxylation is 1. The van der Waals surface area contributed by atoms with Crippen LogP contribution in [0.1, 0.15) is 28.8 Å². The van der Waals surface area contributed by atoms with Crippen LogP contribution >= 0.6 is 35.3 Å². The maximum atomic E-state index is 12.6. The van der Waals surface area contributed by atoms with Crippen molar-refractivity contribution in [3.8, 4) is 0 Å². The molecule has 0 amide bonds. The first-order valence-corrected chi connectivity index (χ1v) is 10.3. The third-order valence-corrected chi connectivity index (χ3v) is 5.30. The Labute approximate surface area is 194 Å². The van der Waals surface area contributed by atoms with E-state index in [0.29, 0.717) is 37.0 Å². The van der Waals surface area contributed by atoms with Gasteiger partial charge in [-0.2, -0.15) is 13.2 Å². The van der Waals surface area contributed by atoms with Gasteiger partial charge >= 0.3 is 6.18 Å². The van der Waals surface area contributed by atoms with Crippen molar-refractivity contribution < 1.29 is 13.2 Å². The normalized spacial score (nSPS) is 12.1. The van der Waals surface area contributed by atoms with Crippen LogP contribution in [0.2, 0.25) is 0 Å². The fourth-order valence-electron chi connectivity index (χ4n) is 2.98. The summed E-state index contributed by atoms with van der Waals surface area (Å²) in [7, 11) is 0. The molecule has 0 saturated carbocycles. The molecule has 0 spiro atoms. The first-order valence-electron chi connectivity index (χ1n) is 9.47. The molecule has 0 radical (unpaired) electrons. The molecule has 3 rings (SSSR count). The fraction of sp³-hybridized carbons (Fsp3) is 0.400. The van der Waals surface area contributed by atoms with Crippen LogP contribution in [-0.2, 0) is 19.0 Å². The number of rotatable bonds is 7. The van der Waals surface area contributed by atoms with Gasteiger partial charge in [0.05, 0.1) is 5.01 Å². The second kappa shape index (κ2) is 11.0. The number of thiazole rings is 1. The third-order valence-electron chi connectivity index (χ3n) is 4.39. The van der Waals surface area contributed by atoms with Gasteiger partial charge in [-0.25, -0.2) is 4.98 Å². The highest BCUT2D eigenvalue weighted by molar-refractivity contribution is 14.0. The molecule has 10 heteroatoms. The van der Waals surface area contributed by atoms with Crippen LogP contribution in [0.4, 0.5) is 13.2 Å². The SMILES string of the molecule is CCNC(=NCCc1nc(C(F)(F)F)cs1)NCCc1c[nH]c2cc(C)ccc12.I. The largest absolute Gasteiger partial charge is 0.434 e. The van der Waals surface area contributed by atoms with Gasteiger partial charge in [-0.15, -0.1) is 35.3 Å². The zero-order valence-electron chi connectivity index (χ0n) is 16.8. The summed E-state index contributed by atoms with van der Waals surface area (Å²) >= 11 is 1.01. The van der Waals surface area contributed by atoms with Crippen molar-refractivity contribution in [2.75, 3.05) is 19.6 Å². The number of alkyl halides is 3. The average Bonchev–Trinajstić information content (AvgIpc) is 3.28. The molecule has 0 fully saturated rings. The zero-order chi connectivity index (χ0) is 20.9. The van der Waals surface area contributed by atoms with Gasteiger partial charge in [-0.05, 0) is 37.5 Å². The highest BCUT2D eigenvalue weighted by Gasteiger charge is 2.33. The van der Waals surface area contributed by atoms with Crippen molar-refractivity contribution in [3.05, 3.63) is 51.6 Å². The van der Waals surface area contributed by atoms with E-state index in [1.54, 1.807) is 0 Å². The van der Waals surface area contributed by atoms with Crippen molar-refractivity contribution in [1.29, 1.82) is 0 Å². The van der Waals surface area contributed by atoms with Gasteiger partial charge in [0.1, 0.15) is 0 Å². The van der Waals surface area contributed by atoms with E-state index >= 15 is 0 Å². The molecule has 0 aliphatic carbocycles. The molecule has 0 unspecified atom stereocenters. The molecule has 30 heavy (non-hydrogen) atoms. The van der Waals surface area contributed by atoms with Gasteiger partial charge in [0.25, 0.3) is 0 Å². The number of nitrogens with zero attached hydrogens (tertiary/aromatic N) is 2. The van der Waals surface area contributed by atoms with E-state index in [2.05, 4.69) is 50.7 Å². The van der Waals surface area contributed by atoms with Gasteiger partial charge < -0.3 is 15.6 Å².